The number of aliphatic carboxylic acids is 1. The third-order valence-corrected chi connectivity index (χ3v) is 7.14. The lowest BCUT2D eigenvalue weighted by Crippen LogP contribution is -2.71. The molecule has 16 heteroatoms. The third kappa shape index (κ3) is 4.06. The first-order valence-electron chi connectivity index (χ1n) is 8.17. The molecule has 1 aromatic rings. The SMILES string of the molecule is Cn1nnnc1SCC1=C(C(=O)O)N2C(=O)C(NC(=O)/C(=N\O)C(=O)CBr)[C@H]2SC1. The average molecular weight is 520 g/mol. The Morgan fingerprint density at radius 3 is 2.73 bits per heavy atom. The van der Waals surface area contributed by atoms with Crippen molar-refractivity contribution < 1.29 is 29.5 Å². The average Bonchev–Trinajstić information content (AvgIpc) is 3.14. The third-order valence-electron chi connectivity index (χ3n) is 4.19. The number of tetrazole rings is 1. The van der Waals surface area contributed by atoms with E-state index in [0.717, 1.165) is 4.90 Å². The van der Waals surface area contributed by atoms with Gasteiger partial charge < -0.3 is 15.6 Å². The van der Waals surface area contributed by atoms with Crippen molar-refractivity contribution in [2.75, 3.05) is 16.8 Å². The number of fused-ring (bicyclic) bond motifs is 1. The zero-order valence-corrected chi connectivity index (χ0v) is 18.4. The minimum Gasteiger partial charge on any atom is -0.477 e. The molecule has 3 heterocycles. The number of hydrogen-bond acceptors (Lipinski definition) is 11. The molecule has 0 saturated carbocycles. The summed E-state index contributed by atoms with van der Waals surface area (Å²) in [6.45, 7) is 0. The predicted octanol–water partition coefficient (Wildman–Crippen LogP) is -1.16. The summed E-state index contributed by atoms with van der Waals surface area (Å²) >= 11 is 5.37. The van der Waals surface area contributed by atoms with Crippen molar-refractivity contribution in [1.82, 2.24) is 30.4 Å². The van der Waals surface area contributed by atoms with Gasteiger partial charge in [-0.05, 0) is 16.0 Å². The molecule has 1 fully saturated rings. The summed E-state index contributed by atoms with van der Waals surface area (Å²) < 4.78 is 1.44. The second kappa shape index (κ2) is 9.13. The number of carboxylic acids is 1. The van der Waals surface area contributed by atoms with Crippen molar-refractivity contribution in [3.8, 4) is 0 Å². The van der Waals surface area contributed by atoms with Gasteiger partial charge in [0.05, 0.1) is 5.33 Å². The van der Waals surface area contributed by atoms with Crippen molar-refractivity contribution in [3.05, 3.63) is 11.3 Å². The molecule has 2 aliphatic rings. The van der Waals surface area contributed by atoms with E-state index >= 15 is 0 Å². The molecule has 2 atom stereocenters. The first-order chi connectivity index (χ1) is 14.3. The molecule has 13 nitrogen and oxygen atoms in total. The van der Waals surface area contributed by atoms with Crippen LogP contribution in [0, 0.1) is 0 Å². The van der Waals surface area contributed by atoms with E-state index in [0.29, 0.717) is 16.5 Å². The van der Waals surface area contributed by atoms with Crippen molar-refractivity contribution in [2.24, 2.45) is 12.2 Å². The van der Waals surface area contributed by atoms with Crippen LogP contribution in [0.2, 0.25) is 0 Å². The Bertz CT molecular complexity index is 980. The summed E-state index contributed by atoms with van der Waals surface area (Å²) in [6, 6.07) is -1.05. The molecule has 1 unspecified atom stereocenters. The Balaban J connectivity index is 1.75. The minimum atomic E-state index is -1.27. The van der Waals surface area contributed by atoms with Gasteiger partial charge in [-0.25, -0.2) is 9.48 Å². The van der Waals surface area contributed by atoms with Crippen molar-refractivity contribution in [2.45, 2.75) is 16.6 Å². The normalized spacial score (nSPS) is 21.2. The molecule has 1 saturated heterocycles. The van der Waals surface area contributed by atoms with Gasteiger partial charge in [-0.2, -0.15) is 0 Å². The zero-order valence-electron chi connectivity index (χ0n) is 15.2. The molecule has 0 aliphatic carbocycles. The largest absolute Gasteiger partial charge is 0.477 e. The van der Waals surface area contributed by atoms with Crippen LogP contribution in [0.15, 0.2) is 21.6 Å². The Morgan fingerprint density at radius 2 is 2.17 bits per heavy atom. The number of Topliss-reactive ketones (excluding diaryl/α,β-unsaturated/α-hetero) is 1. The van der Waals surface area contributed by atoms with E-state index in [9.17, 15) is 24.3 Å². The molecule has 1 aromatic heterocycles. The lowest BCUT2D eigenvalue weighted by atomic mass is 10.0. The summed E-state index contributed by atoms with van der Waals surface area (Å²) in [4.78, 5) is 49.3. The number of halogens is 1. The number of alkyl halides is 1. The molecular weight excluding hydrogens is 506 g/mol. The Labute approximate surface area is 185 Å². The molecule has 3 N–H and O–H groups in total. The van der Waals surface area contributed by atoms with Crippen molar-refractivity contribution in [3.63, 3.8) is 0 Å². The Hall–Kier alpha value is -2.46. The smallest absolute Gasteiger partial charge is 0.352 e. The summed E-state index contributed by atoms with van der Waals surface area (Å²) in [5, 5.41) is 34.2. The van der Waals surface area contributed by atoms with E-state index < -0.39 is 40.7 Å². The van der Waals surface area contributed by atoms with Crippen LogP contribution in [0.3, 0.4) is 0 Å². The molecule has 160 valence electrons. The topological polar surface area (TPSA) is 180 Å². The maximum absolute atomic E-state index is 12.6. The standard InChI is InChI=1S/C14H14BrN7O6S2/c1-21-14(17-19-20-21)30-4-5-3-29-12-8(11(25)22(12)9(5)13(26)27)16-10(24)7(18-28)6(23)2-15/h8,12,28H,2-4H2,1H3,(H,16,24)(H,26,27)/b18-7-/t8?,12-/m1/s1. The molecule has 0 spiro atoms. The van der Waals surface area contributed by atoms with Crippen LogP contribution in [-0.2, 0) is 26.2 Å². The minimum absolute atomic E-state index is 0.149. The van der Waals surface area contributed by atoms with Crippen LogP contribution in [0.1, 0.15) is 0 Å². The molecule has 2 amide bonds. The number of thioether (sulfide) groups is 2. The fourth-order valence-corrected chi connectivity index (χ4v) is 5.39. The first kappa shape index (κ1) is 22.2. The number of β-lactam (4-membered cyclic amide) rings is 1. The fraction of sp³-hybridized carbons (Fsp3) is 0.429. The van der Waals surface area contributed by atoms with Crippen LogP contribution >= 0.6 is 39.5 Å². The van der Waals surface area contributed by atoms with Crippen molar-refractivity contribution in [1.29, 1.82) is 0 Å². The Morgan fingerprint density at radius 1 is 1.43 bits per heavy atom. The number of aryl methyl sites for hydroxylation is 1. The molecule has 0 bridgehead atoms. The van der Waals surface area contributed by atoms with Gasteiger partial charge in [0.1, 0.15) is 17.1 Å². The number of nitrogens with one attached hydrogen (secondary N) is 1. The maximum Gasteiger partial charge on any atom is 0.352 e. The fourth-order valence-electron chi connectivity index (χ4n) is 2.79. The number of nitrogens with zero attached hydrogens (tertiary/aromatic N) is 6. The number of ketones is 1. The second-order valence-corrected chi connectivity index (χ2v) is 8.61. The van der Waals surface area contributed by atoms with Gasteiger partial charge in [0.25, 0.3) is 11.8 Å². The number of rotatable bonds is 8. The summed E-state index contributed by atoms with van der Waals surface area (Å²) in [5.41, 5.74) is -0.381. The lowest BCUT2D eigenvalue weighted by Gasteiger charge is -2.49. The molecular formula is C14H14BrN7O6S2. The highest BCUT2D eigenvalue weighted by molar-refractivity contribution is 9.09. The van der Waals surface area contributed by atoms with Crippen LogP contribution in [0.4, 0.5) is 0 Å². The van der Waals surface area contributed by atoms with Crippen molar-refractivity contribution >= 4 is 68.7 Å². The summed E-state index contributed by atoms with van der Waals surface area (Å²) in [6.07, 6.45) is 0. The maximum atomic E-state index is 12.6. The molecule has 2 aliphatic heterocycles. The van der Waals surface area contributed by atoms with Gasteiger partial charge in [-0.3, -0.25) is 19.3 Å². The monoisotopic (exact) mass is 519 g/mol. The van der Waals surface area contributed by atoms with E-state index in [1.165, 1.54) is 28.2 Å². The number of aromatic nitrogens is 4. The van der Waals surface area contributed by atoms with E-state index in [-0.39, 0.29) is 16.8 Å². The van der Waals surface area contributed by atoms with Gasteiger partial charge in [-0.15, -0.1) is 16.9 Å². The summed E-state index contributed by atoms with van der Waals surface area (Å²) in [5.74, 6) is -3.11. The summed E-state index contributed by atoms with van der Waals surface area (Å²) in [7, 11) is 1.65. The highest BCUT2D eigenvalue weighted by Crippen LogP contribution is 2.41. The van der Waals surface area contributed by atoms with E-state index in [4.69, 9.17) is 5.21 Å². The number of amides is 2. The van der Waals surface area contributed by atoms with Crippen LogP contribution < -0.4 is 5.32 Å². The highest BCUT2D eigenvalue weighted by atomic mass is 79.9. The molecule has 0 radical (unpaired) electrons. The molecule has 0 aromatic carbocycles. The number of carbonyl (C=O) groups is 4. The van der Waals surface area contributed by atoms with Gasteiger partial charge in [0.2, 0.25) is 16.7 Å². The van der Waals surface area contributed by atoms with Crippen LogP contribution in [0.5, 0.6) is 0 Å². The Kier molecular flexibility index (Phi) is 6.77. The van der Waals surface area contributed by atoms with E-state index in [1.807, 2.05) is 0 Å². The number of carboxylic acid groups (broad SMARTS) is 1. The second-order valence-electron chi connectivity index (χ2n) is 6.00. The highest BCUT2D eigenvalue weighted by Gasteiger charge is 2.54. The molecule has 3 rings (SSSR count). The van der Waals surface area contributed by atoms with Gasteiger partial charge in [-0.1, -0.05) is 32.8 Å². The van der Waals surface area contributed by atoms with Crippen LogP contribution in [-0.4, -0.2) is 93.0 Å². The molecule has 30 heavy (non-hydrogen) atoms. The van der Waals surface area contributed by atoms with Gasteiger partial charge in [0, 0.05) is 18.6 Å². The van der Waals surface area contributed by atoms with Gasteiger partial charge in [0.15, 0.2) is 0 Å². The van der Waals surface area contributed by atoms with E-state index in [2.05, 4.69) is 41.9 Å². The number of carbonyl (C=O) groups excluding carboxylic acids is 3. The van der Waals surface area contributed by atoms with E-state index in [1.54, 1.807) is 7.05 Å². The predicted molar refractivity (Wildman–Crippen MR) is 107 cm³/mol. The first-order valence-corrected chi connectivity index (χ1v) is 11.3. The van der Waals surface area contributed by atoms with Gasteiger partial charge >= 0.3 is 5.97 Å². The number of oxime groups is 1. The number of hydrogen-bond donors (Lipinski definition) is 3. The quantitative estimate of drug-likeness (QED) is 0.0715. The zero-order chi connectivity index (χ0) is 22.0. The van der Waals surface area contributed by atoms with Crippen LogP contribution in [0.25, 0.3) is 0 Å². The lowest BCUT2D eigenvalue weighted by molar-refractivity contribution is -0.150.